The summed E-state index contributed by atoms with van der Waals surface area (Å²) in [5.74, 6) is -0.0300. The molecule has 0 bridgehead atoms. The minimum absolute atomic E-state index is 0.0300. The second-order valence-corrected chi connectivity index (χ2v) is 4.57. The van der Waals surface area contributed by atoms with Gasteiger partial charge >= 0.3 is 0 Å². The third-order valence-electron chi connectivity index (χ3n) is 2.61. The summed E-state index contributed by atoms with van der Waals surface area (Å²) in [5, 5.41) is 3.75. The maximum absolute atomic E-state index is 12.0. The van der Waals surface area contributed by atoms with E-state index in [9.17, 15) is 4.79 Å². The number of carbonyl (C=O) groups is 1. The third-order valence-corrected chi connectivity index (χ3v) is 2.94. The van der Waals surface area contributed by atoms with E-state index in [2.05, 4.69) is 5.32 Å². The van der Waals surface area contributed by atoms with E-state index >= 15 is 0 Å². The summed E-state index contributed by atoms with van der Waals surface area (Å²) in [6.45, 7) is 1.84. The van der Waals surface area contributed by atoms with Gasteiger partial charge in [-0.1, -0.05) is 54.1 Å². The Bertz CT molecular complexity index is 605. The summed E-state index contributed by atoms with van der Waals surface area (Å²) < 4.78 is 0. The molecule has 0 radical (unpaired) electrons. The molecule has 0 spiro atoms. The third kappa shape index (κ3) is 3.70. The summed E-state index contributed by atoms with van der Waals surface area (Å²) in [6, 6.07) is 16.6. The molecule has 0 unspecified atom stereocenters. The quantitative estimate of drug-likeness (QED) is 0.653. The molecule has 0 fully saturated rings. The molecule has 0 aliphatic rings. The van der Waals surface area contributed by atoms with Crippen molar-refractivity contribution in [2.75, 3.05) is 5.32 Å². The molecule has 0 atom stereocenters. The fourth-order valence-corrected chi connectivity index (χ4v) is 1.88. The Labute approximate surface area is 117 Å². The standard InChI is InChI=1S/C16H14ClNO/c1-12(18-15-10-6-5-9-14(15)17)11-16(19)13-7-3-2-4-8-13/h2-11,18H,1H3. The largest absolute Gasteiger partial charge is 0.358 e. The molecule has 1 N–H and O–H groups in total. The van der Waals surface area contributed by atoms with E-state index in [0.717, 1.165) is 11.4 Å². The minimum Gasteiger partial charge on any atom is -0.358 e. The summed E-state index contributed by atoms with van der Waals surface area (Å²) in [7, 11) is 0. The average molecular weight is 272 g/mol. The maximum Gasteiger partial charge on any atom is 0.187 e. The van der Waals surface area contributed by atoms with Crippen LogP contribution in [0.15, 0.2) is 66.4 Å². The number of para-hydroxylation sites is 1. The van der Waals surface area contributed by atoms with Crippen molar-refractivity contribution >= 4 is 23.1 Å². The van der Waals surface area contributed by atoms with Crippen molar-refractivity contribution in [3.05, 3.63) is 77.0 Å². The van der Waals surface area contributed by atoms with Crippen LogP contribution in [0.3, 0.4) is 0 Å². The zero-order valence-electron chi connectivity index (χ0n) is 10.6. The van der Waals surface area contributed by atoms with Gasteiger partial charge in [0.2, 0.25) is 0 Å². The fourth-order valence-electron chi connectivity index (χ4n) is 1.69. The van der Waals surface area contributed by atoms with Crippen LogP contribution in [0, 0.1) is 0 Å². The number of hydrogen-bond donors (Lipinski definition) is 1. The first-order chi connectivity index (χ1) is 9.16. The van der Waals surface area contributed by atoms with Crippen molar-refractivity contribution in [3.8, 4) is 0 Å². The van der Waals surface area contributed by atoms with E-state index in [4.69, 9.17) is 11.6 Å². The predicted molar refractivity (Wildman–Crippen MR) is 79.6 cm³/mol. The van der Waals surface area contributed by atoms with Gasteiger partial charge in [0.05, 0.1) is 10.7 Å². The normalized spacial score (nSPS) is 11.2. The van der Waals surface area contributed by atoms with Crippen LogP contribution in [0.25, 0.3) is 0 Å². The van der Waals surface area contributed by atoms with Gasteiger partial charge in [0.25, 0.3) is 0 Å². The van der Waals surface area contributed by atoms with Crippen molar-refractivity contribution in [2.45, 2.75) is 6.92 Å². The molecule has 0 heterocycles. The van der Waals surface area contributed by atoms with E-state index in [1.807, 2.05) is 43.3 Å². The fraction of sp³-hybridized carbons (Fsp3) is 0.0625. The molecule has 19 heavy (non-hydrogen) atoms. The molecule has 2 rings (SSSR count). The monoisotopic (exact) mass is 271 g/mol. The van der Waals surface area contributed by atoms with E-state index in [1.54, 1.807) is 24.3 Å². The lowest BCUT2D eigenvalue weighted by molar-refractivity contribution is 0.104. The number of rotatable bonds is 4. The lowest BCUT2D eigenvalue weighted by Gasteiger charge is -2.08. The highest BCUT2D eigenvalue weighted by molar-refractivity contribution is 6.33. The number of nitrogens with one attached hydrogen (secondary N) is 1. The summed E-state index contributed by atoms with van der Waals surface area (Å²) in [4.78, 5) is 12.0. The maximum atomic E-state index is 12.0. The molecule has 0 aliphatic carbocycles. The molecule has 3 heteroatoms. The van der Waals surface area contributed by atoms with E-state index in [1.165, 1.54) is 0 Å². The molecular weight excluding hydrogens is 258 g/mol. The molecular formula is C16H14ClNO. The van der Waals surface area contributed by atoms with Gasteiger partial charge < -0.3 is 5.32 Å². The van der Waals surface area contributed by atoms with Crippen molar-refractivity contribution < 1.29 is 4.79 Å². The van der Waals surface area contributed by atoms with Crippen LogP contribution in [-0.2, 0) is 0 Å². The Hall–Kier alpha value is -2.06. The molecule has 0 amide bonds. The Morgan fingerprint density at radius 2 is 1.68 bits per heavy atom. The smallest absolute Gasteiger partial charge is 0.187 e. The van der Waals surface area contributed by atoms with E-state index in [0.29, 0.717) is 10.6 Å². The first-order valence-electron chi connectivity index (χ1n) is 5.96. The molecule has 2 nitrogen and oxygen atoms in total. The van der Waals surface area contributed by atoms with Crippen LogP contribution in [-0.4, -0.2) is 5.78 Å². The van der Waals surface area contributed by atoms with E-state index < -0.39 is 0 Å². The van der Waals surface area contributed by atoms with Crippen molar-refractivity contribution in [1.29, 1.82) is 0 Å². The van der Waals surface area contributed by atoms with E-state index in [-0.39, 0.29) is 5.78 Å². The van der Waals surface area contributed by atoms with Crippen molar-refractivity contribution in [2.24, 2.45) is 0 Å². The van der Waals surface area contributed by atoms with Gasteiger partial charge in [-0.25, -0.2) is 0 Å². The Kier molecular flexibility index (Phi) is 4.37. The van der Waals surface area contributed by atoms with Gasteiger partial charge in [0.15, 0.2) is 5.78 Å². The topological polar surface area (TPSA) is 29.1 Å². The number of allylic oxidation sites excluding steroid dienone is 2. The van der Waals surface area contributed by atoms with Crippen LogP contribution in [0.4, 0.5) is 5.69 Å². The van der Waals surface area contributed by atoms with Gasteiger partial charge in [0.1, 0.15) is 0 Å². The number of ketones is 1. The van der Waals surface area contributed by atoms with Crippen LogP contribution < -0.4 is 5.32 Å². The number of anilines is 1. The molecule has 0 aliphatic heterocycles. The van der Waals surface area contributed by atoms with Crippen LogP contribution in [0.5, 0.6) is 0 Å². The lowest BCUT2D eigenvalue weighted by Crippen LogP contribution is -2.01. The van der Waals surface area contributed by atoms with Gasteiger partial charge in [-0.15, -0.1) is 0 Å². The number of hydrogen-bond acceptors (Lipinski definition) is 2. The SMILES string of the molecule is CC(=CC(=O)c1ccccc1)Nc1ccccc1Cl. The second kappa shape index (κ2) is 6.21. The highest BCUT2D eigenvalue weighted by Gasteiger charge is 2.03. The molecule has 0 saturated carbocycles. The summed E-state index contributed by atoms with van der Waals surface area (Å²) in [5.41, 5.74) is 2.21. The Morgan fingerprint density at radius 1 is 1.05 bits per heavy atom. The predicted octanol–water partition coefficient (Wildman–Crippen LogP) is 4.54. The number of benzene rings is 2. The van der Waals surface area contributed by atoms with Gasteiger partial charge in [-0.2, -0.15) is 0 Å². The van der Waals surface area contributed by atoms with Crippen LogP contribution in [0.2, 0.25) is 5.02 Å². The summed E-state index contributed by atoms with van der Waals surface area (Å²) in [6.07, 6.45) is 1.57. The molecule has 2 aromatic rings. The Balaban J connectivity index is 2.12. The van der Waals surface area contributed by atoms with Crippen molar-refractivity contribution in [3.63, 3.8) is 0 Å². The first kappa shape index (κ1) is 13.4. The van der Waals surface area contributed by atoms with Gasteiger partial charge in [0, 0.05) is 17.3 Å². The molecule has 0 aromatic heterocycles. The number of halogens is 1. The Morgan fingerprint density at radius 3 is 2.37 bits per heavy atom. The van der Waals surface area contributed by atoms with Crippen LogP contribution >= 0.6 is 11.6 Å². The zero-order valence-corrected chi connectivity index (χ0v) is 11.3. The molecule has 0 saturated heterocycles. The van der Waals surface area contributed by atoms with Crippen LogP contribution in [0.1, 0.15) is 17.3 Å². The minimum atomic E-state index is -0.0300. The highest BCUT2D eigenvalue weighted by Crippen LogP contribution is 2.21. The number of carbonyl (C=O) groups excluding carboxylic acids is 1. The average Bonchev–Trinajstić information content (AvgIpc) is 2.42. The lowest BCUT2D eigenvalue weighted by atomic mass is 10.1. The van der Waals surface area contributed by atoms with Gasteiger partial charge in [-0.05, 0) is 19.1 Å². The molecule has 2 aromatic carbocycles. The molecule has 96 valence electrons. The zero-order chi connectivity index (χ0) is 13.7. The summed E-state index contributed by atoms with van der Waals surface area (Å²) >= 11 is 6.05. The highest BCUT2D eigenvalue weighted by atomic mass is 35.5. The first-order valence-corrected chi connectivity index (χ1v) is 6.34. The van der Waals surface area contributed by atoms with Crippen molar-refractivity contribution in [1.82, 2.24) is 0 Å². The van der Waals surface area contributed by atoms with Gasteiger partial charge in [-0.3, -0.25) is 4.79 Å². The second-order valence-electron chi connectivity index (χ2n) is 4.16.